The topological polar surface area (TPSA) is 49.9 Å². The number of nitrogens with zero attached hydrogens (tertiary/aromatic N) is 2. The lowest BCUT2D eigenvalue weighted by molar-refractivity contribution is -0.135. The lowest BCUT2D eigenvalue weighted by Crippen LogP contribution is -2.42. The van der Waals surface area contributed by atoms with E-state index in [9.17, 15) is 9.59 Å². The molecule has 5 nitrogen and oxygen atoms in total. The predicted molar refractivity (Wildman–Crippen MR) is 108 cm³/mol. The number of hydrogen-bond donors (Lipinski definition) is 0. The number of morpholine rings is 1. The highest BCUT2D eigenvalue weighted by Crippen LogP contribution is 2.53. The van der Waals surface area contributed by atoms with Crippen molar-refractivity contribution < 1.29 is 14.3 Å². The van der Waals surface area contributed by atoms with E-state index in [0.29, 0.717) is 32.0 Å². The third-order valence-corrected chi connectivity index (χ3v) is 7.06. The van der Waals surface area contributed by atoms with Gasteiger partial charge in [0, 0.05) is 39.0 Å². The molecule has 1 spiro atoms. The van der Waals surface area contributed by atoms with E-state index in [1.807, 2.05) is 23.1 Å². The maximum absolute atomic E-state index is 12.8. The van der Waals surface area contributed by atoms with Gasteiger partial charge in [0.1, 0.15) is 0 Å². The number of aryl methyl sites for hydroxylation is 1. The Morgan fingerprint density at radius 2 is 1.71 bits per heavy atom. The fraction of sp³-hybridized carbons (Fsp3) is 0.652. The predicted octanol–water partition coefficient (Wildman–Crippen LogP) is 2.89. The summed E-state index contributed by atoms with van der Waals surface area (Å²) in [6, 6.07) is 10.2. The fourth-order valence-corrected chi connectivity index (χ4v) is 5.14. The maximum atomic E-state index is 12.8. The lowest BCUT2D eigenvalue weighted by Gasteiger charge is -2.43. The zero-order chi connectivity index (χ0) is 19.4. The van der Waals surface area contributed by atoms with Gasteiger partial charge in [-0.2, -0.15) is 0 Å². The summed E-state index contributed by atoms with van der Waals surface area (Å²) < 4.78 is 5.34. The normalized spacial score (nSPS) is 23.6. The molecule has 1 aromatic carbocycles. The molecule has 28 heavy (non-hydrogen) atoms. The van der Waals surface area contributed by atoms with Crippen LogP contribution in [-0.4, -0.2) is 61.0 Å². The Morgan fingerprint density at radius 1 is 1.00 bits per heavy atom. The SMILES string of the molecule is O=C(CCC1CN(C(=O)CCc2ccccc2)CC12CCC2)N1CCOCC1. The first-order chi connectivity index (χ1) is 13.7. The minimum atomic E-state index is 0.256. The van der Waals surface area contributed by atoms with Crippen LogP contribution in [0.5, 0.6) is 0 Å². The molecule has 1 unspecified atom stereocenters. The van der Waals surface area contributed by atoms with Gasteiger partial charge < -0.3 is 14.5 Å². The highest BCUT2D eigenvalue weighted by atomic mass is 16.5. The summed E-state index contributed by atoms with van der Waals surface area (Å²) in [5.41, 5.74) is 1.51. The van der Waals surface area contributed by atoms with Crippen LogP contribution in [0.3, 0.4) is 0 Å². The van der Waals surface area contributed by atoms with Crippen molar-refractivity contribution in [2.24, 2.45) is 11.3 Å². The number of likely N-dealkylation sites (tertiary alicyclic amines) is 1. The molecule has 3 fully saturated rings. The Balaban J connectivity index is 1.29. The summed E-state index contributed by atoms with van der Waals surface area (Å²) in [6.07, 6.45) is 6.61. The Hall–Kier alpha value is -1.88. The van der Waals surface area contributed by atoms with Gasteiger partial charge in [-0.1, -0.05) is 36.8 Å². The van der Waals surface area contributed by atoms with Crippen molar-refractivity contribution in [3.63, 3.8) is 0 Å². The van der Waals surface area contributed by atoms with Gasteiger partial charge >= 0.3 is 0 Å². The van der Waals surface area contributed by atoms with Crippen molar-refractivity contribution in [1.29, 1.82) is 0 Å². The number of rotatable bonds is 6. The molecule has 1 aromatic rings. The molecule has 2 amide bonds. The molecular weight excluding hydrogens is 352 g/mol. The van der Waals surface area contributed by atoms with Gasteiger partial charge in [-0.05, 0) is 42.6 Å². The number of amides is 2. The minimum absolute atomic E-state index is 0.256. The molecule has 0 bridgehead atoms. The molecule has 2 saturated heterocycles. The van der Waals surface area contributed by atoms with E-state index in [-0.39, 0.29) is 17.2 Å². The summed E-state index contributed by atoms with van der Waals surface area (Å²) in [7, 11) is 0. The summed E-state index contributed by atoms with van der Waals surface area (Å²) in [4.78, 5) is 29.4. The third-order valence-electron chi connectivity index (χ3n) is 7.06. The molecule has 2 aliphatic heterocycles. The average Bonchev–Trinajstić information content (AvgIpc) is 3.12. The van der Waals surface area contributed by atoms with E-state index in [2.05, 4.69) is 17.0 Å². The van der Waals surface area contributed by atoms with Crippen molar-refractivity contribution >= 4 is 11.8 Å². The van der Waals surface area contributed by atoms with E-state index in [1.165, 1.54) is 24.8 Å². The van der Waals surface area contributed by atoms with E-state index in [0.717, 1.165) is 39.0 Å². The highest BCUT2D eigenvalue weighted by Gasteiger charge is 2.50. The number of benzene rings is 1. The molecule has 4 rings (SSSR count). The standard InChI is InChI=1S/C23H32N2O3/c26-21(24-13-15-28-16-14-24)10-8-20-17-25(18-23(20)11-4-12-23)22(27)9-7-19-5-2-1-3-6-19/h1-3,5-6,20H,4,7-18H2. The molecular formula is C23H32N2O3. The van der Waals surface area contributed by atoms with Gasteiger partial charge in [0.05, 0.1) is 13.2 Å². The van der Waals surface area contributed by atoms with Crippen molar-refractivity contribution in [3.05, 3.63) is 35.9 Å². The summed E-state index contributed by atoms with van der Waals surface area (Å²) in [5.74, 6) is 1.01. The smallest absolute Gasteiger partial charge is 0.222 e. The Morgan fingerprint density at radius 3 is 2.39 bits per heavy atom. The maximum Gasteiger partial charge on any atom is 0.222 e. The highest BCUT2D eigenvalue weighted by molar-refractivity contribution is 5.77. The summed E-state index contributed by atoms with van der Waals surface area (Å²) in [5, 5.41) is 0. The molecule has 0 radical (unpaired) electrons. The number of carbonyl (C=O) groups excluding carboxylic acids is 2. The zero-order valence-electron chi connectivity index (χ0n) is 16.8. The van der Waals surface area contributed by atoms with Crippen LogP contribution >= 0.6 is 0 Å². The van der Waals surface area contributed by atoms with Crippen LogP contribution < -0.4 is 0 Å². The van der Waals surface area contributed by atoms with E-state index in [1.54, 1.807) is 0 Å². The van der Waals surface area contributed by atoms with Gasteiger partial charge in [-0.15, -0.1) is 0 Å². The molecule has 152 valence electrons. The molecule has 2 heterocycles. The first-order valence-corrected chi connectivity index (χ1v) is 10.8. The van der Waals surface area contributed by atoms with E-state index < -0.39 is 0 Å². The van der Waals surface area contributed by atoms with E-state index >= 15 is 0 Å². The van der Waals surface area contributed by atoms with Crippen molar-refractivity contribution in [1.82, 2.24) is 9.80 Å². The second-order valence-corrected chi connectivity index (χ2v) is 8.70. The number of hydrogen-bond acceptors (Lipinski definition) is 3. The van der Waals surface area contributed by atoms with Crippen molar-refractivity contribution in [3.8, 4) is 0 Å². The first kappa shape index (κ1) is 19.4. The van der Waals surface area contributed by atoms with Gasteiger partial charge in [0.25, 0.3) is 0 Å². The second-order valence-electron chi connectivity index (χ2n) is 8.70. The van der Waals surface area contributed by atoms with Crippen LogP contribution in [0.4, 0.5) is 0 Å². The van der Waals surface area contributed by atoms with Crippen molar-refractivity contribution in [2.75, 3.05) is 39.4 Å². The monoisotopic (exact) mass is 384 g/mol. The quantitative estimate of drug-likeness (QED) is 0.758. The third kappa shape index (κ3) is 4.24. The first-order valence-electron chi connectivity index (χ1n) is 10.8. The van der Waals surface area contributed by atoms with Gasteiger partial charge in [-0.25, -0.2) is 0 Å². The second kappa shape index (κ2) is 8.64. The minimum Gasteiger partial charge on any atom is -0.378 e. The van der Waals surface area contributed by atoms with Crippen LogP contribution in [0, 0.1) is 11.3 Å². The van der Waals surface area contributed by atoms with Gasteiger partial charge in [0.15, 0.2) is 0 Å². The van der Waals surface area contributed by atoms with Crippen LogP contribution in [0.15, 0.2) is 30.3 Å². The Labute approximate surface area is 168 Å². The molecule has 1 aliphatic carbocycles. The molecule has 0 aromatic heterocycles. The molecule has 0 N–H and O–H groups in total. The zero-order valence-corrected chi connectivity index (χ0v) is 16.8. The lowest BCUT2D eigenvalue weighted by atomic mass is 9.62. The molecule has 1 saturated carbocycles. The van der Waals surface area contributed by atoms with Crippen LogP contribution in [0.1, 0.15) is 44.1 Å². The largest absolute Gasteiger partial charge is 0.378 e. The van der Waals surface area contributed by atoms with Gasteiger partial charge in [0.2, 0.25) is 11.8 Å². The summed E-state index contributed by atoms with van der Waals surface area (Å²) >= 11 is 0. The summed E-state index contributed by atoms with van der Waals surface area (Å²) in [6.45, 7) is 4.49. The van der Waals surface area contributed by atoms with Crippen molar-refractivity contribution in [2.45, 2.75) is 44.9 Å². The molecule has 3 aliphatic rings. The van der Waals surface area contributed by atoms with Crippen LogP contribution in [0.2, 0.25) is 0 Å². The van der Waals surface area contributed by atoms with Crippen LogP contribution in [-0.2, 0) is 20.7 Å². The van der Waals surface area contributed by atoms with E-state index in [4.69, 9.17) is 4.74 Å². The fourth-order valence-electron chi connectivity index (χ4n) is 5.14. The average molecular weight is 385 g/mol. The Bertz CT molecular complexity index is 680. The number of carbonyl (C=O) groups is 2. The molecule has 1 atom stereocenters. The van der Waals surface area contributed by atoms with Gasteiger partial charge in [-0.3, -0.25) is 9.59 Å². The van der Waals surface area contributed by atoms with Crippen LogP contribution in [0.25, 0.3) is 0 Å². The Kier molecular flexibility index (Phi) is 6.00. The number of ether oxygens (including phenoxy) is 1. The molecule has 5 heteroatoms.